The molecular weight excluding hydrogens is 266 g/mol. The maximum Gasteiger partial charge on any atom is 0.326 e. The number of rotatable bonds is 4. The Kier molecular flexibility index (Phi) is 4.99. The maximum absolute atomic E-state index is 12.5. The highest BCUT2D eigenvalue weighted by Crippen LogP contribution is 2.26. The molecule has 1 aliphatic heterocycles. The fraction of sp³-hybridized carbons (Fsp3) is 0.529. The van der Waals surface area contributed by atoms with Crippen molar-refractivity contribution in [3.63, 3.8) is 0 Å². The number of aliphatic carboxylic acids is 1. The van der Waals surface area contributed by atoms with Gasteiger partial charge >= 0.3 is 5.97 Å². The van der Waals surface area contributed by atoms with Gasteiger partial charge in [-0.1, -0.05) is 43.2 Å². The molecule has 2 atom stereocenters. The lowest BCUT2D eigenvalue weighted by molar-refractivity contribution is -0.152. The lowest BCUT2D eigenvalue weighted by atomic mass is 9.88. The Morgan fingerprint density at radius 1 is 1.38 bits per heavy atom. The average molecular weight is 289 g/mol. The monoisotopic (exact) mass is 289 g/mol. The zero-order valence-corrected chi connectivity index (χ0v) is 12.7. The van der Waals surface area contributed by atoms with Crippen molar-refractivity contribution in [1.82, 2.24) is 4.90 Å². The third-order valence-corrected chi connectivity index (χ3v) is 4.33. The second-order valence-electron chi connectivity index (χ2n) is 5.91. The molecule has 1 aromatic carbocycles. The summed E-state index contributed by atoms with van der Waals surface area (Å²) in [5.41, 5.74) is 2.06. The van der Waals surface area contributed by atoms with E-state index >= 15 is 0 Å². The number of carboxylic acids is 1. The number of likely N-dealkylation sites (tertiary alicyclic amines) is 1. The maximum atomic E-state index is 12.5. The largest absolute Gasteiger partial charge is 0.480 e. The van der Waals surface area contributed by atoms with Gasteiger partial charge in [-0.15, -0.1) is 0 Å². The smallest absolute Gasteiger partial charge is 0.326 e. The Bertz CT molecular complexity index is 527. The molecule has 0 saturated carbocycles. The van der Waals surface area contributed by atoms with E-state index in [0.29, 0.717) is 18.9 Å². The van der Waals surface area contributed by atoms with Gasteiger partial charge in [0.2, 0.25) is 5.91 Å². The molecule has 4 nitrogen and oxygen atoms in total. The van der Waals surface area contributed by atoms with E-state index in [2.05, 4.69) is 6.92 Å². The highest BCUT2D eigenvalue weighted by atomic mass is 16.4. The number of hydrogen-bond donors (Lipinski definition) is 1. The Morgan fingerprint density at radius 2 is 2.14 bits per heavy atom. The van der Waals surface area contributed by atoms with Crippen LogP contribution in [0.1, 0.15) is 37.3 Å². The molecule has 2 rings (SSSR count). The van der Waals surface area contributed by atoms with Gasteiger partial charge in [0, 0.05) is 6.54 Å². The molecule has 0 radical (unpaired) electrons. The number of aryl methyl sites for hydroxylation is 1. The Hall–Kier alpha value is -1.84. The second-order valence-corrected chi connectivity index (χ2v) is 5.91. The molecule has 4 heteroatoms. The van der Waals surface area contributed by atoms with Crippen molar-refractivity contribution in [2.75, 3.05) is 6.54 Å². The van der Waals surface area contributed by atoms with Gasteiger partial charge in [-0.25, -0.2) is 4.79 Å². The van der Waals surface area contributed by atoms with Crippen LogP contribution in [0.3, 0.4) is 0 Å². The Balaban J connectivity index is 2.08. The van der Waals surface area contributed by atoms with Gasteiger partial charge in [0.15, 0.2) is 0 Å². The second kappa shape index (κ2) is 6.74. The van der Waals surface area contributed by atoms with E-state index < -0.39 is 12.0 Å². The third-order valence-electron chi connectivity index (χ3n) is 4.33. The molecule has 1 heterocycles. The third kappa shape index (κ3) is 3.84. The van der Waals surface area contributed by atoms with E-state index in [1.54, 1.807) is 4.90 Å². The van der Waals surface area contributed by atoms with Crippen LogP contribution in [0.4, 0.5) is 0 Å². The zero-order chi connectivity index (χ0) is 15.4. The predicted molar refractivity (Wildman–Crippen MR) is 81.0 cm³/mol. The summed E-state index contributed by atoms with van der Waals surface area (Å²) in [5, 5.41) is 9.39. The number of benzene rings is 1. The van der Waals surface area contributed by atoms with Crippen LogP contribution in [-0.4, -0.2) is 34.5 Å². The fourth-order valence-corrected chi connectivity index (χ4v) is 3.04. The molecule has 1 aromatic rings. The van der Waals surface area contributed by atoms with Crippen LogP contribution in [0.5, 0.6) is 0 Å². The Morgan fingerprint density at radius 3 is 2.76 bits per heavy atom. The summed E-state index contributed by atoms with van der Waals surface area (Å²) in [6, 6.07) is 7.14. The van der Waals surface area contributed by atoms with Gasteiger partial charge in [-0.05, 0) is 31.2 Å². The number of piperidine rings is 1. The van der Waals surface area contributed by atoms with Gasteiger partial charge in [-0.2, -0.15) is 0 Å². The first kappa shape index (κ1) is 15.5. The number of hydrogen-bond acceptors (Lipinski definition) is 2. The molecule has 0 bridgehead atoms. The molecule has 1 N–H and O–H groups in total. The van der Waals surface area contributed by atoms with Gasteiger partial charge < -0.3 is 10.0 Å². The van der Waals surface area contributed by atoms with E-state index in [9.17, 15) is 14.7 Å². The summed E-state index contributed by atoms with van der Waals surface area (Å²) in [7, 11) is 0. The molecule has 0 aromatic heterocycles. The minimum absolute atomic E-state index is 0.0810. The zero-order valence-electron chi connectivity index (χ0n) is 12.7. The van der Waals surface area contributed by atoms with Crippen molar-refractivity contribution in [1.29, 1.82) is 0 Å². The van der Waals surface area contributed by atoms with Gasteiger partial charge in [0.05, 0.1) is 6.42 Å². The first-order valence-electron chi connectivity index (χ1n) is 7.59. The van der Waals surface area contributed by atoms with Crippen molar-refractivity contribution in [2.24, 2.45) is 5.92 Å². The van der Waals surface area contributed by atoms with Crippen LogP contribution in [0, 0.1) is 12.8 Å². The number of carbonyl (C=O) groups is 2. The van der Waals surface area contributed by atoms with Crippen molar-refractivity contribution >= 4 is 11.9 Å². The number of carbonyl (C=O) groups excluding carboxylic acids is 1. The van der Waals surface area contributed by atoms with E-state index in [1.165, 1.54) is 0 Å². The van der Waals surface area contributed by atoms with Crippen LogP contribution in [0.2, 0.25) is 0 Å². The summed E-state index contributed by atoms with van der Waals surface area (Å²) < 4.78 is 0. The summed E-state index contributed by atoms with van der Waals surface area (Å²) in [6.07, 6.45) is 2.73. The summed E-state index contributed by atoms with van der Waals surface area (Å²) in [5.74, 6) is -0.553. The summed E-state index contributed by atoms with van der Waals surface area (Å²) >= 11 is 0. The molecule has 0 spiro atoms. The molecule has 1 fully saturated rings. The SMILES string of the molecule is CCC1CCN(C(=O)Cc2cccc(C)c2)C(C(=O)O)C1. The molecule has 114 valence electrons. The van der Waals surface area contributed by atoms with Gasteiger partial charge in [0.1, 0.15) is 6.04 Å². The van der Waals surface area contributed by atoms with Crippen LogP contribution < -0.4 is 0 Å². The molecule has 2 unspecified atom stereocenters. The molecule has 1 saturated heterocycles. The van der Waals surface area contributed by atoms with E-state index in [0.717, 1.165) is 24.0 Å². The average Bonchev–Trinajstić information content (AvgIpc) is 2.46. The standard InChI is InChI=1S/C17H23NO3/c1-3-13-7-8-18(15(10-13)17(20)21)16(19)11-14-6-4-5-12(2)9-14/h4-6,9,13,15H,3,7-8,10-11H2,1-2H3,(H,20,21). The molecule has 21 heavy (non-hydrogen) atoms. The van der Waals surface area contributed by atoms with Crippen LogP contribution in [-0.2, 0) is 16.0 Å². The van der Waals surface area contributed by atoms with E-state index in [1.807, 2.05) is 31.2 Å². The lowest BCUT2D eigenvalue weighted by Crippen LogP contribution is -2.50. The summed E-state index contributed by atoms with van der Waals surface area (Å²) in [6.45, 7) is 4.62. The van der Waals surface area contributed by atoms with Crippen molar-refractivity contribution in [3.05, 3.63) is 35.4 Å². The molecule has 1 amide bonds. The Labute approximate surface area is 125 Å². The number of carboxylic acid groups (broad SMARTS) is 1. The van der Waals surface area contributed by atoms with E-state index in [-0.39, 0.29) is 12.3 Å². The quantitative estimate of drug-likeness (QED) is 0.927. The predicted octanol–water partition coefficient (Wildman–Crippen LogP) is 2.64. The van der Waals surface area contributed by atoms with Gasteiger partial charge in [-0.3, -0.25) is 4.79 Å². The highest BCUT2D eigenvalue weighted by Gasteiger charge is 2.35. The first-order chi connectivity index (χ1) is 10.0. The summed E-state index contributed by atoms with van der Waals surface area (Å²) in [4.78, 5) is 25.4. The minimum Gasteiger partial charge on any atom is -0.480 e. The van der Waals surface area contributed by atoms with Crippen LogP contribution >= 0.6 is 0 Å². The normalized spacial score (nSPS) is 22.1. The molecule has 0 aliphatic carbocycles. The first-order valence-corrected chi connectivity index (χ1v) is 7.59. The van der Waals surface area contributed by atoms with Crippen molar-refractivity contribution in [3.8, 4) is 0 Å². The highest BCUT2D eigenvalue weighted by molar-refractivity contribution is 5.85. The van der Waals surface area contributed by atoms with Gasteiger partial charge in [0.25, 0.3) is 0 Å². The van der Waals surface area contributed by atoms with E-state index in [4.69, 9.17) is 0 Å². The number of nitrogens with zero attached hydrogens (tertiary/aromatic N) is 1. The topological polar surface area (TPSA) is 57.6 Å². The van der Waals surface area contributed by atoms with Crippen molar-refractivity contribution < 1.29 is 14.7 Å². The molecular formula is C17H23NO3. The van der Waals surface area contributed by atoms with Crippen molar-refractivity contribution in [2.45, 2.75) is 45.6 Å². The van der Waals surface area contributed by atoms with Crippen LogP contribution in [0.15, 0.2) is 24.3 Å². The lowest BCUT2D eigenvalue weighted by Gasteiger charge is -2.37. The fourth-order valence-electron chi connectivity index (χ4n) is 3.04. The number of amides is 1. The van der Waals surface area contributed by atoms with Crippen LogP contribution in [0.25, 0.3) is 0 Å². The molecule has 1 aliphatic rings. The minimum atomic E-state index is -0.884.